The van der Waals surface area contributed by atoms with E-state index in [-0.39, 0.29) is 11.7 Å². The first-order valence-electron chi connectivity index (χ1n) is 10.0. The van der Waals surface area contributed by atoms with Gasteiger partial charge in [0, 0.05) is 44.0 Å². The molecule has 7 heteroatoms. The van der Waals surface area contributed by atoms with Crippen LogP contribution in [0.15, 0.2) is 60.8 Å². The summed E-state index contributed by atoms with van der Waals surface area (Å²) in [7, 11) is 0. The molecule has 0 aliphatic carbocycles. The van der Waals surface area contributed by atoms with Crippen molar-refractivity contribution < 1.29 is 13.9 Å². The van der Waals surface area contributed by atoms with E-state index in [0.29, 0.717) is 49.3 Å². The molecule has 3 aromatic rings. The highest BCUT2D eigenvalue weighted by molar-refractivity contribution is 5.94. The number of carbonyl (C=O) groups excluding carboxylic acids is 1. The lowest BCUT2D eigenvalue weighted by Crippen LogP contribution is -2.49. The lowest BCUT2D eigenvalue weighted by atomic mass is 10.1. The topological polar surface area (TPSA) is 58.6 Å². The van der Waals surface area contributed by atoms with Crippen LogP contribution in [0.4, 0.5) is 10.3 Å². The smallest absolute Gasteiger partial charge is 0.253 e. The van der Waals surface area contributed by atoms with Crippen LogP contribution in [-0.4, -0.2) is 47.0 Å². The number of hydrogen-bond acceptors (Lipinski definition) is 5. The maximum absolute atomic E-state index is 13.0. The van der Waals surface area contributed by atoms with Gasteiger partial charge >= 0.3 is 0 Å². The number of carbonyl (C=O) groups is 1. The average Bonchev–Trinajstić information content (AvgIpc) is 2.80. The maximum atomic E-state index is 13.0. The summed E-state index contributed by atoms with van der Waals surface area (Å²) in [4.78, 5) is 25.4. The van der Waals surface area contributed by atoms with Gasteiger partial charge in [-0.3, -0.25) is 4.79 Å². The van der Waals surface area contributed by atoms with Crippen molar-refractivity contribution in [3.63, 3.8) is 0 Å². The van der Waals surface area contributed by atoms with E-state index < -0.39 is 0 Å². The molecule has 6 nitrogen and oxygen atoms in total. The van der Waals surface area contributed by atoms with Crippen LogP contribution in [0.2, 0.25) is 0 Å². The molecule has 1 saturated heterocycles. The van der Waals surface area contributed by atoms with Gasteiger partial charge in [-0.1, -0.05) is 19.1 Å². The molecule has 0 N–H and O–H groups in total. The van der Waals surface area contributed by atoms with Gasteiger partial charge in [0.1, 0.15) is 11.6 Å². The fraction of sp³-hybridized carbons (Fsp3) is 0.261. The van der Waals surface area contributed by atoms with Crippen molar-refractivity contribution in [2.24, 2.45) is 0 Å². The Labute approximate surface area is 174 Å². The number of rotatable bonds is 5. The van der Waals surface area contributed by atoms with Crippen LogP contribution in [0.25, 0.3) is 0 Å². The summed E-state index contributed by atoms with van der Waals surface area (Å²) in [5.74, 6) is 1.17. The predicted octanol–water partition coefficient (Wildman–Crippen LogP) is 3.93. The molecule has 1 amide bonds. The van der Waals surface area contributed by atoms with E-state index in [4.69, 9.17) is 4.74 Å². The number of amides is 1. The molecule has 0 bridgehead atoms. The highest BCUT2D eigenvalue weighted by Crippen LogP contribution is 2.22. The molecule has 30 heavy (non-hydrogen) atoms. The van der Waals surface area contributed by atoms with Crippen LogP contribution in [-0.2, 0) is 6.42 Å². The highest BCUT2D eigenvalue weighted by atomic mass is 19.1. The molecule has 4 rings (SSSR count). The second-order valence-electron chi connectivity index (χ2n) is 7.08. The zero-order chi connectivity index (χ0) is 20.9. The molecule has 1 aromatic heterocycles. The molecule has 1 fully saturated rings. The average molecular weight is 406 g/mol. The van der Waals surface area contributed by atoms with E-state index >= 15 is 0 Å². The molecule has 2 aromatic carbocycles. The molecular formula is C23H23FN4O2. The van der Waals surface area contributed by atoms with Crippen molar-refractivity contribution in [3.05, 3.63) is 77.7 Å². The number of benzene rings is 2. The van der Waals surface area contributed by atoms with E-state index in [1.165, 1.54) is 17.7 Å². The number of ether oxygens (including phenoxy) is 1. The molecule has 0 atom stereocenters. The lowest BCUT2D eigenvalue weighted by Gasteiger charge is -2.34. The molecule has 154 valence electrons. The summed E-state index contributed by atoms with van der Waals surface area (Å²) in [6, 6.07) is 15.2. The normalized spacial score (nSPS) is 13.9. The Morgan fingerprint density at radius 2 is 1.70 bits per heavy atom. The molecule has 0 unspecified atom stereocenters. The van der Waals surface area contributed by atoms with Crippen molar-refractivity contribution in [1.82, 2.24) is 14.9 Å². The third-order valence-corrected chi connectivity index (χ3v) is 5.11. The summed E-state index contributed by atoms with van der Waals surface area (Å²) in [6.45, 7) is 4.57. The van der Waals surface area contributed by atoms with Crippen molar-refractivity contribution >= 4 is 11.9 Å². The molecule has 0 spiro atoms. The van der Waals surface area contributed by atoms with Crippen molar-refractivity contribution in [2.45, 2.75) is 13.3 Å². The molecule has 1 aliphatic rings. The zero-order valence-electron chi connectivity index (χ0n) is 16.8. The van der Waals surface area contributed by atoms with Gasteiger partial charge in [0.2, 0.25) is 11.8 Å². The van der Waals surface area contributed by atoms with Gasteiger partial charge < -0.3 is 14.5 Å². The van der Waals surface area contributed by atoms with Gasteiger partial charge in [-0.05, 0) is 48.4 Å². The van der Waals surface area contributed by atoms with Crippen LogP contribution in [0.3, 0.4) is 0 Å². The molecule has 0 saturated carbocycles. The standard InChI is InChI=1S/C23H23FN4O2/c1-2-17-3-5-18(6-4-17)22(29)27-13-15-28(16-14-27)23-25-12-11-21(26-23)30-20-9-7-19(24)8-10-20/h3-12H,2,13-16H2,1H3. The van der Waals surface area contributed by atoms with E-state index in [0.717, 1.165) is 6.42 Å². The van der Waals surface area contributed by atoms with Crippen molar-refractivity contribution in [3.8, 4) is 11.6 Å². The van der Waals surface area contributed by atoms with Gasteiger partial charge in [0.05, 0.1) is 0 Å². The Kier molecular flexibility index (Phi) is 5.88. The summed E-state index contributed by atoms with van der Waals surface area (Å²) >= 11 is 0. The third-order valence-electron chi connectivity index (χ3n) is 5.11. The maximum Gasteiger partial charge on any atom is 0.253 e. The number of nitrogens with zero attached hydrogens (tertiary/aromatic N) is 4. The van der Waals surface area contributed by atoms with Gasteiger partial charge in [-0.25, -0.2) is 9.37 Å². The van der Waals surface area contributed by atoms with E-state index in [1.54, 1.807) is 24.4 Å². The number of aryl methyl sites for hydroxylation is 1. The number of aromatic nitrogens is 2. The largest absolute Gasteiger partial charge is 0.439 e. The lowest BCUT2D eigenvalue weighted by molar-refractivity contribution is 0.0746. The number of anilines is 1. The third kappa shape index (κ3) is 4.56. The Morgan fingerprint density at radius 3 is 2.37 bits per heavy atom. The summed E-state index contributed by atoms with van der Waals surface area (Å²) in [5.41, 5.74) is 1.93. The highest BCUT2D eigenvalue weighted by Gasteiger charge is 2.23. The zero-order valence-corrected chi connectivity index (χ0v) is 16.8. The molecule has 0 radical (unpaired) electrons. The number of hydrogen-bond donors (Lipinski definition) is 0. The Balaban J connectivity index is 1.37. The Morgan fingerprint density at radius 1 is 1.00 bits per heavy atom. The van der Waals surface area contributed by atoms with Crippen LogP contribution in [0.1, 0.15) is 22.8 Å². The van der Waals surface area contributed by atoms with E-state index in [9.17, 15) is 9.18 Å². The van der Waals surface area contributed by atoms with Crippen LogP contribution in [0, 0.1) is 5.82 Å². The first-order chi connectivity index (χ1) is 14.6. The molecular weight excluding hydrogens is 383 g/mol. The summed E-state index contributed by atoms with van der Waals surface area (Å²) in [6.07, 6.45) is 2.59. The minimum atomic E-state index is -0.320. The molecule has 1 aliphatic heterocycles. The predicted molar refractivity (Wildman–Crippen MR) is 112 cm³/mol. The van der Waals surface area contributed by atoms with Gasteiger partial charge in [-0.15, -0.1) is 0 Å². The minimum absolute atomic E-state index is 0.0478. The Hall–Kier alpha value is -3.48. The van der Waals surface area contributed by atoms with Crippen LogP contribution in [0.5, 0.6) is 11.6 Å². The minimum Gasteiger partial charge on any atom is -0.439 e. The number of halogens is 1. The summed E-state index contributed by atoms with van der Waals surface area (Å²) < 4.78 is 18.7. The van der Waals surface area contributed by atoms with E-state index in [2.05, 4.69) is 16.9 Å². The van der Waals surface area contributed by atoms with Gasteiger partial charge in [0.15, 0.2) is 0 Å². The van der Waals surface area contributed by atoms with Gasteiger partial charge in [-0.2, -0.15) is 4.98 Å². The second kappa shape index (κ2) is 8.90. The van der Waals surface area contributed by atoms with Crippen LogP contribution >= 0.6 is 0 Å². The van der Waals surface area contributed by atoms with E-state index in [1.807, 2.05) is 34.1 Å². The monoisotopic (exact) mass is 406 g/mol. The van der Waals surface area contributed by atoms with Crippen molar-refractivity contribution in [2.75, 3.05) is 31.1 Å². The SMILES string of the molecule is CCc1ccc(C(=O)N2CCN(c3nccc(Oc4ccc(F)cc4)n3)CC2)cc1. The fourth-order valence-electron chi connectivity index (χ4n) is 3.34. The fourth-order valence-corrected chi connectivity index (χ4v) is 3.34. The van der Waals surface area contributed by atoms with Gasteiger partial charge in [0.25, 0.3) is 5.91 Å². The summed E-state index contributed by atoms with van der Waals surface area (Å²) in [5, 5.41) is 0. The first kappa shape index (κ1) is 19.8. The first-order valence-corrected chi connectivity index (χ1v) is 10.0. The Bertz CT molecular complexity index is 1000. The number of piperazine rings is 1. The molecule has 2 heterocycles. The quantitative estimate of drug-likeness (QED) is 0.643. The van der Waals surface area contributed by atoms with Crippen LogP contribution < -0.4 is 9.64 Å². The van der Waals surface area contributed by atoms with Crippen molar-refractivity contribution in [1.29, 1.82) is 0 Å². The second-order valence-corrected chi connectivity index (χ2v) is 7.08.